The molecule has 0 unspecified atom stereocenters. The summed E-state index contributed by atoms with van der Waals surface area (Å²) in [6, 6.07) is 9.83. The average Bonchev–Trinajstić information content (AvgIpc) is 3.37. The number of aromatic hydroxyl groups is 2. The number of phenols is 2. The summed E-state index contributed by atoms with van der Waals surface area (Å²) < 4.78 is 19.4. The van der Waals surface area contributed by atoms with Crippen molar-refractivity contribution in [2.24, 2.45) is 11.3 Å². The van der Waals surface area contributed by atoms with E-state index in [0.717, 1.165) is 36.8 Å². The molecule has 1 aliphatic carbocycles. The normalized spacial score (nSPS) is 28.3. The molecule has 0 amide bonds. The Hall–Kier alpha value is -4.23. The highest BCUT2D eigenvalue weighted by Crippen LogP contribution is 2.65. The highest BCUT2D eigenvalue weighted by atomic mass is 16.6. The Morgan fingerprint density at radius 2 is 1.57 bits per heavy atom. The van der Waals surface area contributed by atoms with E-state index < -0.39 is 28.9 Å². The fourth-order valence-corrected chi connectivity index (χ4v) is 8.22. The number of aliphatic hydroxyl groups excluding tert-OH is 1. The van der Waals surface area contributed by atoms with Gasteiger partial charge in [0, 0.05) is 22.6 Å². The number of allylic oxidation sites excluding steroid dienone is 6. The second kappa shape index (κ2) is 13.2. The minimum absolute atomic E-state index is 0.00982. The Morgan fingerprint density at radius 1 is 0.878 bits per heavy atom. The standard InChI is InChI=1S/C42H50O7/c1-26(2)10-7-12-28(5)13-8-14-29-24-42(49-38(29)45)35-23-31(44)16-18-37(35)47-39(46)41(42)21-19-34-33(25-41)32-22-30(43)15-17-36(32)48-40(34,6)20-9-11-27(3)4/h10-11,13,15-18,22-25,34,39,43-44,46H,7-9,12,14,19-21H2,1-6H3/b28-13+/t34-,39+,40+,41-,42+/m1/s1. The zero-order valence-electron chi connectivity index (χ0n) is 29.6. The van der Waals surface area contributed by atoms with Crippen LogP contribution < -0.4 is 9.47 Å². The Balaban J connectivity index is 1.46. The molecule has 49 heavy (non-hydrogen) atoms. The smallest absolute Gasteiger partial charge is 0.335 e. The van der Waals surface area contributed by atoms with Crippen molar-refractivity contribution < 1.29 is 34.3 Å². The Bertz CT molecular complexity index is 1790. The number of esters is 1. The lowest BCUT2D eigenvalue weighted by Gasteiger charge is -2.55. The first-order chi connectivity index (χ1) is 23.3. The molecule has 4 aliphatic rings. The predicted molar refractivity (Wildman–Crippen MR) is 191 cm³/mol. The number of phenolic OH excluding ortho intramolecular Hbond substituents is 2. The van der Waals surface area contributed by atoms with Gasteiger partial charge in [-0.15, -0.1) is 0 Å². The molecule has 3 aliphatic heterocycles. The Kier molecular flexibility index (Phi) is 9.35. The van der Waals surface area contributed by atoms with E-state index in [9.17, 15) is 20.1 Å². The second-order valence-corrected chi connectivity index (χ2v) is 15.0. The number of benzene rings is 2. The van der Waals surface area contributed by atoms with Crippen LogP contribution >= 0.6 is 0 Å². The third kappa shape index (κ3) is 6.34. The summed E-state index contributed by atoms with van der Waals surface area (Å²) in [6.45, 7) is 12.6. The minimum atomic E-state index is -1.43. The maximum absolute atomic E-state index is 13.8. The van der Waals surface area contributed by atoms with Crippen molar-refractivity contribution in [3.8, 4) is 23.0 Å². The van der Waals surface area contributed by atoms with Gasteiger partial charge in [0.2, 0.25) is 6.29 Å². The first-order valence-corrected chi connectivity index (χ1v) is 17.6. The lowest BCUT2D eigenvalue weighted by atomic mass is 9.56. The third-order valence-corrected chi connectivity index (χ3v) is 10.8. The van der Waals surface area contributed by atoms with Crippen molar-refractivity contribution in [3.63, 3.8) is 0 Å². The SMILES string of the molecule is CC(C)=CCC/C(C)=C/CCC1=C[C@]2(OC1=O)c1cc(O)ccc1O[C@H](O)[C@@]21C=C2c3cc(O)ccc3O[C@@](C)(CCC=C(C)C)[C@@H]2CC1. The van der Waals surface area contributed by atoms with Crippen molar-refractivity contribution in [1.29, 1.82) is 0 Å². The van der Waals surface area contributed by atoms with Crippen LogP contribution in [0.1, 0.15) is 104 Å². The zero-order valence-corrected chi connectivity index (χ0v) is 29.6. The summed E-state index contributed by atoms with van der Waals surface area (Å²) >= 11 is 0. The lowest BCUT2D eigenvalue weighted by Crippen LogP contribution is -2.59. The van der Waals surface area contributed by atoms with E-state index >= 15 is 0 Å². The van der Waals surface area contributed by atoms with Gasteiger partial charge >= 0.3 is 5.97 Å². The molecule has 2 aromatic carbocycles. The second-order valence-electron chi connectivity index (χ2n) is 15.0. The quantitative estimate of drug-likeness (QED) is 0.181. The van der Waals surface area contributed by atoms with E-state index in [2.05, 4.69) is 59.8 Å². The number of carbonyl (C=O) groups is 1. The van der Waals surface area contributed by atoms with Gasteiger partial charge in [-0.2, -0.15) is 0 Å². The van der Waals surface area contributed by atoms with E-state index in [1.54, 1.807) is 30.3 Å². The molecule has 260 valence electrons. The molecular formula is C42H50O7. The van der Waals surface area contributed by atoms with E-state index in [1.807, 2.05) is 12.2 Å². The van der Waals surface area contributed by atoms with Crippen LogP contribution in [0.4, 0.5) is 0 Å². The summed E-state index contributed by atoms with van der Waals surface area (Å²) in [7, 11) is 0. The molecule has 3 heterocycles. The van der Waals surface area contributed by atoms with Crippen molar-refractivity contribution in [3.05, 3.63) is 100 Å². The van der Waals surface area contributed by atoms with Gasteiger partial charge in [-0.05, 0) is 141 Å². The van der Waals surface area contributed by atoms with E-state index in [0.29, 0.717) is 48.3 Å². The first kappa shape index (κ1) is 34.6. The molecule has 2 aromatic rings. The van der Waals surface area contributed by atoms with E-state index in [1.165, 1.54) is 22.8 Å². The monoisotopic (exact) mass is 666 g/mol. The van der Waals surface area contributed by atoms with Gasteiger partial charge in [0.25, 0.3) is 0 Å². The number of ether oxygens (including phenoxy) is 3. The van der Waals surface area contributed by atoms with Crippen LogP contribution in [0, 0.1) is 11.3 Å². The van der Waals surface area contributed by atoms with Crippen molar-refractivity contribution in [1.82, 2.24) is 0 Å². The zero-order chi connectivity index (χ0) is 35.1. The van der Waals surface area contributed by atoms with Crippen LogP contribution in [0.3, 0.4) is 0 Å². The van der Waals surface area contributed by atoms with Gasteiger partial charge < -0.3 is 29.5 Å². The van der Waals surface area contributed by atoms with Crippen LogP contribution in [0.25, 0.3) is 5.57 Å². The van der Waals surface area contributed by atoms with Crippen LogP contribution in [0.2, 0.25) is 0 Å². The van der Waals surface area contributed by atoms with Crippen LogP contribution in [-0.2, 0) is 15.1 Å². The Labute approximate surface area is 290 Å². The fraction of sp³-hybridized carbons (Fsp3) is 0.452. The molecule has 0 aromatic heterocycles. The number of rotatable bonds is 9. The summed E-state index contributed by atoms with van der Waals surface area (Å²) in [5.74, 6) is 0.632. The van der Waals surface area contributed by atoms with E-state index in [-0.39, 0.29) is 17.4 Å². The molecule has 0 saturated carbocycles. The topological polar surface area (TPSA) is 105 Å². The third-order valence-electron chi connectivity index (χ3n) is 10.8. The highest BCUT2D eigenvalue weighted by Gasteiger charge is 2.66. The van der Waals surface area contributed by atoms with Gasteiger partial charge in [0.05, 0.1) is 5.41 Å². The van der Waals surface area contributed by atoms with Crippen LogP contribution in [0.5, 0.6) is 23.0 Å². The van der Waals surface area contributed by atoms with Gasteiger partial charge in [-0.25, -0.2) is 4.79 Å². The largest absolute Gasteiger partial charge is 0.508 e. The summed E-state index contributed by atoms with van der Waals surface area (Å²) in [5.41, 5.74) is 3.29. The van der Waals surface area contributed by atoms with Crippen molar-refractivity contribution in [2.75, 3.05) is 0 Å². The lowest BCUT2D eigenvalue weighted by molar-refractivity contribution is -0.208. The van der Waals surface area contributed by atoms with Crippen molar-refractivity contribution >= 4 is 11.5 Å². The fourth-order valence-electron chi connectivity index (χ4n) is 8.22. The molecule has 5 atom stereocenters. The molecule has 7 heteroatoms. The van der Waals surface area contributed by atoms with Gasteiger partial charge in [-0.1, -0.05) is 41.0 Å². The summed E-state index contributed by atoms with van der Waals surface area (Å²) in [5, 5.41) is 33.4. The summed E-state index contributed by atoms with van der Waals surface area (Å²) in [4.78, 5) is 13.8. The molecular weight excluding hydrogens is 616 g/mol. The number of hydrogen-bond acceptors (Lipinski definition) is 7. The molecule has 7 nitrogen and oxygen atoms in total. The summed E-state index contributed by atoms with van der Waals surface area (Å²) in [6.07, 6.45) is 14.9. The number of fused-ring (bicyclic) bond motifs is 6. The number of carbonyl (C=O) groups excluding carboxylic acids is 1. The molecule has 6 rings (SSSR count). The maximum atomic E-state index is 13.8. The predicted octanol–water partition coefficient (Wildman–Crippen LogP) is 9.34. The molecule has 0 radical (unpaired) electrons. The van der Waals surface area contributed by atoms with Gasteiger partial charge in [0.1, 0.15) is 28.6 Å². The van der Waals surface area contributed by atoms with Crippen LogP contribution in [-0.4, -0.2) is 33.2 Å². The minimum Gasteiger partial charge on any atom is -0.508 e. The highest BCUT2D eigenvalue weighted by molar-refractivity contribution is 5.92. The maximum Gasteiger partial charge on any atom is 0.335 e. The van der Waals surface area contributed by atoms with Gasteiger partial charge in [0.15, 0.2) is 5.60 Å². The average molecular weight is 667 g/mol. The first-order valence-electron chi connectivity index (χ1n) is 17.6. The number of aliphatic hydroxyl groups is 1. The molecule has 0 saturated heterocycles. The van der Waals surface area contributed by atoms with Gasteiger partial charge in [-0.3, -0.25) is 0 Å². The van der Waals surface area contributed by atoms with Crippen molar-refractivity contribution in [2.45, 2.75) is 110 Å². The Morgan fingerprint density at radius 3 is 2.31 bits per heavy atom. The van der Waals surface area contributed by atoms with E-state index in [4.69, 9.17) is 14.2 Å². The molecule has 3 N–H and O–H groups in total. The number of hydrogen-bond donors (Lipinski definition) is 3. The molecule has 0 bridgehead atoms. The molecule has 0 fully saturated rings. The van der Waals surface area contributed by atoms with Crippen LogP contribution in [0.15, 0.2) is 89.1 Å². The molecule has 2 spiro atoms.